The smallest absolute Gasteiger partial charge is 0.337 e. The molecular formula is C13H18N2O2. The molecule has 0 N–H and O–H groups in total. The lowest BCUT2D eigenvalue weighted by molar-refractivity contribution is 0.0600. The van der Waals surface area contributed by atoms with Gasteiger partial charge in [-0.2, -0.15) is 0 Å². The maximum absolute atomic E-state index is 11.4. The van der Waals surface area contributed by atoms with Crippen LogP contribution >= 0.6 is 0 Å². The molecule has 0 spiro atoms. The van der Waals surface area contributed by atoms with Gasteiger partial charge >= 0.3 is 5.97 Å². The van der Waals surface area contributed by atoms with Crippen LogP contribution in [0.1, 0.15) is 35.3 Å². The number of rotatable bonds is 3. The summed E-state index contributed by atoms with van der Waals surface area (Å²) in [5.41, 5.74) is 1.52. The van der Waals surface area contributed by atoms with Crippen LogP contribution in [0.25, 0.3) is 0 Å². The molecule has 0 aliphatic carbocycles. The van der Waals surface area contributed by atoms with E-state index in [0.717, 1.165) is 25.3 Å². The number of aromatic nitrogens is 1. The number of esters is 1. The van der Waals surface area contributed by atoms with Gasteiger partial charge in [0.15, 0.2) is 0 Å². The van der Waals surface area contributed by atoms with Gasteiger partial charge in [0.05, 0.1) is 18.4 Å². The molecule has 0 atom stereocenters. The molecule has 0 unspecified atom stereocenters. The van der Waals surface area contributed by atoms with E-state index in [1.807, 2.05) is 6.07 Å². The minimum Gasteiger partial charge on any atom is -0.465 e. The average Bonchev–Trinajstić information content (AvgIpc) is 2.39. The summed E-state index contributed by atoms with van der Waals surface area (Å²) < 4.78 is 4.70. The van der Waals surface area contributed by atoms with E-state index in [-0.39, 0.29) is 5.97 Å². The number of hydrogen-bond donors (Lipinski definition) is 0. The molecule has 2 rings (SSSR count). The normalized spacial score (nSPS) is 16.8. The van der Waals surface area contributed by atoms with Gasteiger partial charge in [0.25, 0.3) is 0 Å². The van der Waals surface area contributed by atoms with Gasteiger partial charge < -0.3 is 4.74 Å². The molecule has 1 aliphatic heterocycles. The molecule has 1 aromatic rings. The molecule has 1 saturated heterocycles. The lowest BCUT2D eigenvalue weighted by Gasteiger charge is -2.25. The van der Waals surface area contributed by atoms with Crippen molar-refractivity contribution in [3.63, 3.8) is 0 Å². The van der Waals surface area contributed by atoms with Gasteiger partial charge in [-0.15, -0.1) is 0 Å². The summed E-state index contributed by atoms with van der Waals surface area (Å²) in [6.07, 6.45) is 5.52. The Balaban J connectivity index is 2.02. The van der Waals surface area contributed by atoms with Crippen LogP contribution in [-0.2, 0) is 11.3 Å². The number of nitrogens with zero attached hydrogens (tertiary/aromatic N) is 2. The lowest BCUT2D eigenvalue weighted by Crippen LogP contribution is -2.29. The predicted molar refractivity (Wildman–Crippen MR) is 64.7 cm³/mol. The largest absolute Gasteiger partial charge is 0.465 e. The van der Waals surface area contributed by atoms with Crippen molar-refractivity contribution in [1.82, 2.24) is 9.88 Å². The number of ether oxygens (including phenoxy) is 1. The Kier molecular flexibility index (Phi) is 4.09. The number of carbonyl (C=O) groups is 1. The Hall–Kier alpha value is -1.42. The van der Waals surface area contributed by atoms with Crippen LogP contribution in [-0.4, -0.2) is 36.1 Å². The molecule has 17 heavy (non-hydrogen) atoms. The Labute approximate surface area is 102 Å². The average molecular weight is 234 g/mol. The highest BCUT2D eigenvalue weighted by Crippen LogP contribution is 2.12. The highest BCUT2D eigenvalue weighted by Gasteiger charge is 2.12. The third kappa shape index (κ3) is 3.27. The van der Waals surface area contributed by atoms with Gasteiger partial charge in [0.1, 0.15) is 0 Å². The summed E-state index contributed by atoms with van der Waals surface area (Å²) in [5.74, 6) is -0.299. The fourth-order valence-electron chi connectivity index (χ4n) is 2.16. The van der Waals surface area contributed by atoms with Crippen LogP contribution in [0.3, 0.4) is 0 Å². The highest BCUT2D eigenvalue weighted by molar-refractivity contribution is 5.89. The lowest BCUT2D eigenvalue weighted by atomic mass is 10.1. The summed E-state index contributed by atoms with van der Waals surface area (Å²) >= 11 is 0. The van der Waals surface area contributed by atoms with E-state index in [1.54, 1.807) is 12.3 Å². The zero-order valence-electron chi connectivity index (χ0n) is 10.2. The summed E-state index contributed by atoms with van der Waals surface area (Å²) in [6, 6.07) is 3.51. The molecule has 1 aliphatic rings. The Morgan fingerprint density at radius 1 is 1.41 bits per heavy atom. The summed E-state index contributed by atoms with van der Waals surface area (Å²) in [5, 5.41) is 0. The van der Waals surface area contributed by atoms with Crippen LogP contribution in [0, 0.1) is 0 Å². The highest BCUT2D eigenvalue weighted by atomic mass is 16.5. The third-order valence-electron chi connectivity index (χ3n) is 3.07. The molecule has 0 amide bonds. The van der Waals surface area contributed by atoms with Gasteiger partial charge in [-0.05, 0) is 38.1 Å². The van der Waals surface area contributed by atoms with Crippen molar-refractivity contribution < 1.29 is 9.53 Å². The van der Waals surface area contributed by atoms with Gasteiger partial charge in [-0.1, -0.05) is 6.42 Å². The Morgan fingerprint density at radius 3 is 2.88 bits per heavy atom. The minimum absolute atomic E-state index is 0.299. The summed E-state index contributed by atoms with van der Waals surface area (Å²) in [7, 11) is 1.40. The Bertz CT molecular complexity index is 387. The maximum Gasteiger partial charge on any atom is 0.337 e. The molecule has 0 radical (unpaired) electrons. The number of methoxy groups -OCH3 is 1. The van der Waals surface area contributed by atoms with Crippen LogP contribution in [0.4, 0.5) is 0 Å². The van der Waals surface area contributed by atoms with Gasteiger partial charge in [0.2, 0.25) is 0 Å². The quantitative estimate of drug-likeness (QED) is 0.749. The second-order valence-electron chi connectivity index (χ2n) is 4.36. The zero-order valence-corrected chi connectivity index (χ0v) is 10.2. The van der Waals surface area contributed by atoms with Gasteiger partial charge in [-0.25, -0.2) is 4.79 Å². The summed E-state index contributed by atoms with van der Waals surface area (Å²) in [6.45, 7) is 3.08. The van der Waals surface area contributed by atoms with E-state index in [2.05, 4.69) is 9.88 Å². The van der Waals surface area contributed by atoms with Crippen molar-refractivity contribution in [3.05, 3.63) is 29.6 Å². The topological polar surface area (TPSA) is 42.4 Å². The van der Waals surface area contributed by atoms with E-state index >= 15 is 0 Å². The standard InChI is InChI=1S/C13H18N2O2/c1-17-13(16)11-5-6-14-12(9-11)10-15-7-3-2-4-8-15/h5-6,9H,2-4,7-8,10H2,1H3. The van der Waals surface area contributed by atoms with Crippen LogP contribution < -0.4 is 0 Å². The first kappa shape index (κ1) is 12.0. The number of piperidine rings is 1. The van der Waals surface area contributed by atoms with E-state index in [9.17, 15) is 4.79 Å². The van der Waals surface area contributed by atoms with Crippen LogP contribution in [0.2, 0.25) is 0 Å². The molecule has 2 heterocycles. The van der Waals surface area contributed by atoms with Crippen molar-refractivity contribution in [2.45, 2.75) is 25.8 Å². The molecule has 4 nitrogen and oxygen atoms in total. The van der Waals surface area contributed by atoms with E-state index in [1.165, 1.54) is 26.4 Å². The second-order valence-corrected chi connectivity index (χ2v) is 4.36. The second kappa shape index (κ2) is 5.77. The monoisotopic (exact) mass is 234 g/mol. The minimum atomic E-state index is -0.299. The van der Waals surface area contributed by atoms with Crippen molar-refractivity contribution in [2.75, 3.05) is 20.2 Å². The molecule has 92 valence electrons. The predicted octanol–water partition coefficient (Wildman–Crippen LogP) is 1.85. The van der Waals surface area contributed by atoms with Crippen LogP contribution in [0.5, 0.6) is 0 Å². The van der Waals surface area contributed by atoms with Crippen molar-refractivity contribution in [3.8, 4) is 0 Å². The molecule has 0 saturated carbocycles. The van der Waals surface area contributed by atoms with E-state index < -0.39 is 0 Å². The number of pyridine rings is 1. The van der Waals surface area contributed by atoms with Crippen molar-refractivity contribution in [2.24, 2.45) is 0 Å². The number of likely N-dealkylation sites (tertiary alicyclic amines) is 1. The molecule has 1 aromatic heterocycles. The molecule has 0 aromatic carbocycles. The maximum atomic E-state index is 11.4. The fourth-order valence-corrected chi connectivity index (χ4v) is 2.16. The molecule has 4 heteroatoms. The molecule has 1 fully saturated rings. The summed E-state index contributed by atoms with van der Waals surface area (Å²) in [4.78, 5) is 18.1. The first-order valence-corrected chi connectivity index (χ1v) is 6.05. The van der Waals surface area contributed by atoms with Crippen LogP contribution in [0.15, 0.2) is 18.3 Å². The number of carbonyl (C=O) groups excluding carboxylic acids is 1. The zero-order chi connectivity index (χ0) is 12.1. The fraction of sp³-hybridized carbons (Fsp3) is 0.538. The van der Waals surface area contributed by atoms with E-state index in [4.69, 9.17) is 4.74 Å². The van der Waals surface area contributed by atoms with Gasteiger partial charge in [0, 0.05) is 12.7 Å². The first-order valence-electron chi connectivity index (χ1n) is 6.05. The number of hydrogen-bond acceptors (Lipinski definition) is 4. The van der Waals surface area contributed by atoms with Gasteiger partial charge in [-0.3, -0.25) is 9.88 Å². The van der Waals surface area contributed by atoms with E-state index in [0.29, 0.717) is 5.56 Å². The third-order valence-corrected chi connectivity index (χ3v) is 3.07. The Morgan fingerprint density at radius 2 is 2.18 bits per heavy atom. The van der Waals surface area contributed by atoms with Crippen molar-refractivity contribution >= 4 is 5.97 Å². The van der Waals surface area contributed by atoms with Crippen molar-refractivity contribution in [1.29, 1.82) is 0 Å². The first-order chi connectivity index (χ1) is 8.29. The molecular weight excluding hydrogens is 216 g/mol. The SMILES string of the molecule is COC(=O)c1ccnc(CN2CCCCC2)c1. The molecule has 0 bridgehead atoms.